The molecule has 0 aliphatic carbocycles. The normalized spacial score (nSPS) is 17.2. The molecule has 0 spiro atoms. The molecule has 1 saturated heterocycles. The van der Waals surface area contributed by atoms with Gasteiger partial charge in [0, 0.05) is 12.5 Å². The zero-order chi connectivity index (χ0) is 14.3. The van der Waals surface area contributed by atoms with Crippen LogP contribution in [0.3, 0.4) is 0 Å². The molecule has 1 rings (SSSR count). The molecule has 0 aromatic carbocycles. The largest absolute Gasteiger partial charge is 0.328 e. The van der Waals surface area contributed by atoms with Crippen molar-refractivity contribution in [3.8, 4) is 0 Å². The average molecular weight is 296 g/mol. The van der Waals surface area contributed by atoms with Gasteiger partial charge in [0.25, 0.3) is 11.8 Å². The molecule has 1 aliphatic heterocycles. The van der Waals surface area contributed by atoms with Crippen LogP contribution in [0.5, 0.6) is 0 Å². The van der Waals surface area contributed by atoms with Gasteiger partial charge in [-0.2, -0.15) is 0 Å². The quantitative estimate of drug-likeness (QED) is 0.429. The Bertz CT molecular complexity index is 627. The van der Waals surface area contributed by atoms with E-state index < -0.39 is 47.3 Å². The van der Waals surface area contributed by atoms with E-state index in [1.165, 1.54) is 0 Å². The monoisotopic (exact) mass is 296 g/mol. The minimum absolute atomic E-state index is 0.535. The van der Waals surface area contributed by atoms with Crippen LogP contribution in [-0.4, -0.2) is 47.2 Å². The number of amides is 4. The van der Waals surface area contributed by atoms with Crippen molar-refractivity contribution in [3.05, 3.63) is 9.81 Å². The van der Waals surface area contributed by atoms with E-state index in [0.717, 1.165) is 0 Å². The summed E-state index contributed by atoms with van der Waals surface area (Å²) in [6, 6.07) is -1.16. The smallest absolute Gasteiger partial charge is 0.273 e. The van der Waals surface area contributed by atoms with Crippen LogP contribution in [0.4, 0.5) is 4.79 Å². The maximum Gasteiger partial charge on any atom is 0.328 e. The zero-order valence-corrected chi connectivity index (χ0v) is 10.8. The number of rotatable bonds is 2. The Labute approximate surface area is 102 Å². The zero-order valence-electron chi connectivity index (χ0n) is 9.17. The molecule has 11 heteroatoms. The molecule has 0 unspecified atom stereocenters. The number of carbonyl (C=O) groups is 3. The van der Waals surface area contributed by atoms with Crippen LogP contribution in [0.25, 0.3) is 0 Å². The third-order valence-corrected chi connectivity index (χ3v) is 5.36. The first-order valence-corrected chi connectivity index (χ1v) is 8.04. The molecule has 4 amide bonds. The maximum absolute atomic E-state index is 11.4. The van der Waals surface area contributed by atoms with Crippen molar-refractivity contribution in [3.63, 3.8) is 0 Å². The fraction of sp³-hybridized carbons (Fsp3) is 0.286. The van der Waals surface area contributed by atoms with Gasteiger partial charge >= 0.3 is 6.03 Å². The molecule has 0 saturated carbocycles. The highest BCUT2D eigenvalue weighted by Gasteiger charge is 2.38. The third kappa shape index (κ3) is 2.73. The minimum atomic E-state index is -4.35. The number of urea groups is 1. The first-order valence-electron chi connectivity index (χ1n) is 4.25. The van der Waals surface area contributed by atoms with E-state index in [-0.39, 0.29) is 0 Å². The van der Waals surface area contributed by atoms with E-state index >= 15 is 0 Å². The summed E-state index contributed by atoms with van der Waals surface area (Å²) in [4.78, 5) is 33.5. The summed E-state index contributed by atoms with van der Waals surface area (Å²) < 4.78 is 44.2. The van der Waals surface area contributed by atoms with Crippen LogP contribution in [0.15, 0.2) is 9.81 Å². The van der Waals surface area contributed by atoms with Crippen molar-refractivity contribution in [2.75, 3.05) is 12.5 Å². The van der Waals surface area contributed by atoms with Crippen molar-refractivity contribution >= 4 is 37.5 Å². The van der Waals surface area contributed by atoms with Crippen LogP contribution in [0.1, 0.15) is 0 Å². The van der Waals surface area contributed by atoms with Gasteiger partial charge in [-0.3, -0.25) is 20.2 Å². The Kier molecular flexibility index (Phi) is 3.32. The number of barbiturate groups is 1. The molecule has 9 nitrogen and oxygen atoms in total. The van der Waals surface area contributed by atoms with Gasteiger partial charge in [0.05, 0.1) is 0 Å². The van der Waals surface area contributed by atoms with Gasteiger partial charge in [0.15, 0.2) is 23.9 Å². The Hall–Kier alpha value is -1.75. The van der Waals surface area contributed by atoms with Crippen molar-refractivity contribution in [1.82, 2.24) is 10.6 Å². The van der Waals surface area contributed by atoms with E-state index in [9.17, 15) is 31.2 Å². The first kappa shape index (κ1) is 14.3. The van der Waals surface area contributed by atoms with Gasteiger partial charge in [0.1, 0.15) is 5.57 Å². The lowest BCUT2D eigenvalue weighted by atomic mass is 10.2. The Balaban J connectivity index is 3.72. The number of carbonyl (C=O) groups excluding carboxylic acids is 3. The van der Waals surface area contributed by atoms with Crippen LogP contribution < -0.4 is 10.6 Å². The summed E-state index contributed by atoms with van der Waals surface area (Å²) in [5, 5.41) is 3.18. The average Bonchev–Trinajstić information content (AvgIpc) is 2.06. The lowest BCUT2D eigenvalue weighted by molar-refractivity contribution is -0.124. The fourth-order valence-corrected chi connectivity index (χ4v) is 4.61. The van der Waals surface area contributed by atoms with Crippen molar-refractivity contribution in [2.45, 2.75) is 0 Å². The standard InChI is InChI=1S/C7H8N2O7S2/c1-17(13,14)6(18(2,15)16)3-4(10)8-7(12)9-5(3)11/h1-2H3,(H2,8,9,10,11,12). The predicted molar refractivity (Wildman–Crippen MR) is 58.4 cm³/mol. The van der Waals surface area contributed by atoms with Gasteiger partial charge < -0.3 is 0 Å². The number of hydrogen-bond acceptors (Lipinski definition) is 7. The van der Waals surface area contributed by atoms with Crippen LogP contribution in [0, 0.1) is 0 Å². The molecular weight excluding hydrogens is 288 g/mol. The summed E-state index contributed by atoms with van der Waals surface area (Å²) in [6.07, 6.45) is 1.07. The molecule has 1 heterocycles. The summed E-state index contributed by atoms with van der Waals surface area (Å²) in [5.74, 6) is -2.76. The molecule has 0 aromatic rings. The van der Waals surface area contributed by atoms with Gasteiger partial charge in [-0.1, -0.05) is 0 Å². The molecule has 0 radical (unpaired) electrons. The second-order valence-corrected chi connectivity index (χ2v) is 7.61. The molecule has 100 valence electrons. The molecule has 0 bridgehead atoms. The van der Waals surface area contributed by atoms with Gasteiger partial charge in [-0.15, -0.1) is 0 Å². The second kappa shape index (κ2) is 4.17. The highest BCUT2D eigenvalue weighted by molar-refractivity contribution is 8.13. The Morgan fingerprint density at radius 3 is 1.44 bits per heavy atom. The number of sulfone groups is 2. The highest BCUT2D eigenvalue weighted by Crippen LogP contribution is 2.19. The third-order valence-electron chi connectivity index (χ3n) is 1.79. The molecule has 0 atom stereocenters. The predicted octanol–water partition coefficient (Wildman–Crippen LogP) is -2.35. The van der Waals surface area contributed by atoms with E-state index in [0.29, 0.717) is 12.5 Å². The van der Waals surface area contributed by atoms with Crippen molar-refractivity contribution < 1.29 is 31.2 Å². The van der Waals surface area contributed by atoms with E-state index in [1.807, 2.05) is 0 Å². The summed E-state index contributed by atoms with van der Waals surface area (Å²) in [7, 11) is -8.69. The van der Waals surface area contributed by atoms with Gasteiger partial charge in [-0.05, 0) is 0 Å². The molecule has 1 fully saturated rings. The van der Waals surface area contributed by atoms with Gasteiger partial charge in [0.2, 0.25) is 0 Å². The topological polar surface area (TPSA) is 144 Å². The first-order chi connectivity index (χ1) is 7.94. The van der Waals surface area contributed by atoms with E-state index in [1.54, 1.807) is 10.6 Å². The van der Waals surface area contributed by atoms with Crippen molar-refractivity contribution in [1.29, 1.82) is 0 Å². The lowest BCUT2D eigenvalue weighted by Crippen LogP contribution is -2.52. The molecule has 0 aromatic heterocycles. The number of imide groups is 2. The Morgan fingerprint density at radius 1 is 0.833 bits per heavy atom. The minimum Gasteiger partial charge on any atom is -0.273 e. The van der Waals surface area contributed by atoms with Crippen LogP contribution in [-0.2, 0) is 29.3 Å². The SMILES string of the molecule is CS(=O)(=O)C(=C1C(=O)NC(=O)NC1=O)S(C)(=O)=O. The molecule has 2 N–H and O–H groups in total. The lowest BCUT2D eigenvalue weighted by Gasteiger charge is -2.16. The molecular formula is C7H8N2O7S2. The second-order valence-electron chi connectivity index (χ2n) is 3.44. The van der Waals surface area contributed by atoms with Crippen LogP contribution >= 0.6 is 0 Å². The molecule has 1 aliphatic rings. The summed E-state index contributed by atoms with van der Waals surface area (Å²) in [5.41, 5.74) is -1.13. The summed E-state index contributed by atoms with van der Waals surface area (Å²) >= 11 is 0. The Morgan fingerprint density at radius 2 is 1.17 bits per heavy atom. The number of hydrogen-bond donors (Lipinski definition) is 2. The maximum atomic E-state index is 11.4. The van der Waals surface area contributed by atoms with E-state index in [4.69, 9.17) is 0 Å². The highest BCUT2D eigenvalue weighted by atomic mass is 32.3. The van der Waals surface area contributed by atoms with Crippen molar-refractivity contribution in [2.24, 2.45) is 0 Å². The molecule has 18 heavy (non-hydrogen) atoms. The van der Waals surface area contributed by atoms with E-state index in [2.05, 4.69) is 0 Å². The van der Waals surface area contributed by atoms with Gasteiger partial charge in [-0.25, -0.2) is 21.6 Å². The number of nitrogens with one attached hydrogen (secondary N) is 2. The summed E-state index contributed by atoms with van der Waals surface area (Å²) in [6.45, 7) is 0. The fourth-order valence-electron chi connectivity index (χ4n) is 1.30. The van der Waals surface area contributed by atoms with Crippen LogP contribution in [0.2, 0.25) is 0 Å².